The summed E-state index contributed by atoms with van der Waals surface area (Å²) in [5.74, 6) is 1.07. The Kier molecular flexibility index (Phi) is 3.98. The molecule has 5 nitrogen and oxygen atoms in total. The summed E-state index contributed by atoms with van der Waals surface area (Å²) in [5, 5.41) is 0.642. The lowest BCUT2D eigenvalue weighted by molar-refractivity contribution is 0.112. The van der Waals surface area contributed by atoms with Crippen LogP contribution in [0.4, 0.5) is 0 Å². The van der Waals surface area contributed by atoms with Gasteiger partial charge in [0.1, 0.15) is 18.5 Å². The van der Waals surface area contributed by atoms with Crippen LogP contribution in [0.5, 0.6) is 11.5 Å². The van der Waals surface area contributed by atoms with Gasteiger partial charge in [-0.1, -0.05) is 11.6 Å². The largest absolute Gasteiger partial charge is 0.493 e. The van der Waals surface area contributed by atoms with E-state index < -0.39 is 0 Å². The van der Waals surface area contributed by atoms with Crippen LogP contribution in [0.3, 0.4) is 0 Å². The first kappa shape index (κ1) is 14.4. The molecule has 112 valence electrons. The Morgan fingerprint density at radius 2 is 2.09 bits per heavy atom. The third kappa shape index (κ3) is 2.89. The molecule has 0 saturated carbocycles. The summed E-state index contributed by atoms with van der Waals surface area (Å²) in [4.78, 5) is 15.2. The molecule has 0 spiro atoms. The van der Waals surface area contributed by atoms with E-state index in [-0.39, 0.29) is 6.61 Å². The van der Waals surface area contributed by atoms with E-state index in [9.17, 15) is 4.79 Å². The van der Waals surface area contributed by atoms with E-state index in [0.29, 0.717) is 22.1 Å². The molecule has 0 aliphatic heterocycles. The molecule has 3 aromatic rings. The zero-order valence-corrected chi connectivity index (χ0v) is 12.6. The van der Waals surface area contributed by atoms with Crippen molar-refractivity contribution >= 4 is 23.5 Å². The number of fused-ring (bicyclic) bond motifs is 1. The maximum Gasteiger partial charge on any atom is 0.161 e. The molecule has 1 aromatic carbocycles. The summed E-state index contributed by atoms with van der Waals surface area (Å²) >= 11 is 5.94. The number of methoxy groups -OCH3 is 1. The number of carbonyl (C=O) groups excluding carboxylic acids is 1. The van der Waals surface area contributed by atoms with E-state index in [2.05, 4.69) is 4.98 Å². The van der Waals surface area contributed by atoms with Gasteiger partial charge in [0.2, 0.25) is 0 Å². The van der Waals surface area contributed by atoms with Gasteiger partial charge < -0.3 is 13.9 Å². The highest BCUT2D eigenvalue weighted by molar-refractivity contribution is 6.30. The minimum Gasteiger partial charge on any atom is -0.493 e. The van der Waals surface area contributed by atoms with Gasteiger partial charge in [0.25, 0.3) is 0 Å². The number of nitrogens with zero attached hydrogens (tertiary/aromatic N) is 2. The van der Waals surface area contributed by atoms with E-state index in [1.807, 2.05) is 16.7 Å². The molecule has 0 fully saturated rings. The SMILES string of the molecule is COc1cc(C=O)ccc1OCc1cn2cc(Cl)ccc2n1. The summed E-state index contributed by atoms with van der Waals surface area (Å²) in [6.07, 6.45) is 4.40. The van der Waals surface area contributed by atoms with Crippen molar-refractivity contribution in [1.82, 2.24) is 9.38 Å². The van der Waals surface area contributed by atoms with Crippen LogP contribution in [0, 0.1) is 0 Å². The van der Waals surface area contributed by atoms with Gasteiger partial charge in [0.15, 0.2) is 11.5 Å². The molecule has 0 saturated heterocycles. The molecule has 2 heterocycles. The maximum absolute atomic E-state index is 10.8. The number of halogens is 1. The Bertz CT molecular complexity index is 829. The quantitative estimate of drug-likeness (QED) is 0.677. The van der Waals surface area contributed by atoms with Gasteiger partial charge in [-0.3, -0.25) is 4.79 Å². The number of carbonyl (C=O) groups is 1. The Labute approximate surface area is 132 Å². The smallest absolute Gasteiger partial charge is 0.161 e. The second kappa shape index (κ2) is 6.07. The minimum atomic E-state index is 0.288. The molecule has 6 heteroatoms. The van der Waals surface area contributed by atoms with E-state index in [0.717, 1.165) is 17.6 Å². The number of imidazole rings is 1. The lowest BCUT2D eigenvalue weighted by Gasteiger charge is -2.09. The second-order valence-electron chi connectivity index (χ2n) is 4.66. The fraction of sp³-hybridized carbons (Fsp3) is 0.125. The molecule has 0 radical (unpaired) electrons. The van der Waals surface area contributed by atoms with Gasteiger partial charge in [-0.25, -0.2) is 4.98 Å². The summed E-state index contributed by atoms with van der Waals surface area (Å²) in [6.45, 7) is 0.288. The third-order valence-corrected chi connectivity index (χ3v) is 3.39. The zero-order chi connectivity index (χ0) is 15.5. The molecular formula is C16H13ClN2O3. The first-order valence-corrected chi connectivity index (χ1v) is 6.96. The highest BCUT2D eigenvalue weighted by Gasteiger charge is 2.08. The average Bonchev–Trinajstić information content (AvgIpc) is 2.94. The van der Waals surface area contributed by atoms with Crippen molar-refractivity contribution in [3.8, 4) is 11.5 Å². The molecule has 0 aliphatic rings. The number of pyridine rings is 1. The van der Waals surface area contributed by atoms with Gasteiger partial charge in [-0.15, -0.1) is 0 Å². The standard InChI is InChI=1S/C16H13ClN2O3/c1-21-15-6-11(9-20)2-4-14(15)22-10-13-8-19-7-12(17)3-5-16(19)18-13/h2-9H,10H2,1H3. The number of aromatic nitrogens is 2. The van der Waals surface area contributed by atoms with Crippen molar-refractivity contribution < 1.29 is 14.3 Å². The highest BCUT2D eigenvalue weighted by Crippen LogP contribution is 2.28. The lowest BCUT2D eigenvalue weighted by Crippen LogP contribution is -1.98. The van der Waals surface area contributed by atoms with E-state index in [1.165, 1.54) is 7.11 Å². The van der Waals surface area contributed by atoms with Crippen LogP contribution in [-0.2, 0) is 6.61 Å². The average molecular weight is 317 g/mol. The molecule has 22 heavy (non-hydrogen) atoms. The van der Waals surface area contributed by atoms with Crippen LogP contribution in [0.2, 0.25) is 5.02 Å². The Hall–Kier alpha value is -2.53. The summed E-state index contributed by atoms with van der Waals surface area (Å²) < 4.78 is 12.8. The predicted octanol–water partition coefficient (Wildman–Crippen LogP) is 3.39. The number of hydrogen-bond acceptors (Lipinski definition) is 4. The van der Waals surface area contributed by atoms with Gasteiger partial charge in [-0.05, 0) is 30.3 Å². The van der Waals surface area contributed by atoms with Crippen LogP contribution >= 0.6 is 11.6 Å². The van der Waals surface area contributed by atoms with Gasteiger partial charge in [-0.2, -0.15) is 0 Å². The molecule has 0 bridgehead atoms. The van der Waals surface area contributed by atoms with Crippen LogP contribution in [-0.4, -0.2) is 22.8 Å². The Morgan fingerprint density at radius 3 is 2.86 bits per heavy atom. The first-order chi connectivity index (χ1) is 10.7. The van der Waals surface area contributed by atoms with Crippen molar-refractivity contribution in [3.05, 3.63) is 59.0 Å². The maximum atomic E-state index is 10.8. The second-order valence-corrected chi connectivity index (χ2v) is 5.10. The van der Waals surface area contributed by atoms with E-state index in [4.69, 9.17) is 21.1 Å². The number of hydrogen-bond donors (Lipinski definition) is 0. The number of benzene rings is 1. The number of ether oxygens (including phenoxy) is 2. The van der Waals surface area contributed by atoms with Crippen LogP contribution < -0.4 is 9.47 Å². The van der Waals surface area contributed by atoms with Crippen molar-refractivity contribution in [2.45, 2.75) is 6.61 Å². The minimum absolute atomic E-state index is 0.288. The van der Waals surface area contributed by atoms with Gasteiger partial charge >= 0.3 is 0 Å². The summed E-state index contributed by atoms with van der Waals surface area (Å²) in [5.41, 5.74) is 2.10. The Morgan fingerprint density at radius 1 is 1.23 bits per heavy atom. The van der Waals surface area contributed by atoms with Crippen LogP contribution in [0.25, 0.3) is 5.65 Å². The monoisotopic (exact) mass is 316 g/mol. The predicted molar refractivity (Wildman–Crippen MR) is 82.9 cm³/mol. The molecule has 0 aliphatic carbocycles. The third-order valence-electron chi connectivity index (χ3n) is 3.16. The van der Waals surface area contributed by atoms with E-state index >= 15 is 0 Å². The van der Waals surface area contributed by atoms with Gasteiger partial charge in [0, 0.05) is 18.0 Å². The molecule has 3 rings (SSSR count). The van der Waals surface area contributed by atoms with Crippen LogP contribution in [0.15, 0.2) is 42.7 Å². The molecule has 0 N–H and O–H groups in total. The van der Waals surface area contributed by atoms with Crippen molar-refractivity contribution in [3.63, 3.8) is 0 Å². The molecule has 0 unspecified atom stereocenters. The first-order valence-electron chi connectivity index (χ1n) is 6.59. The van der Waals surface area contributed by atoms with Crippen molar-refractivity contribution in [2.75, 3.05) is 7.11 Å². The van der Waals surface area contributed by atoms with Crippen molar-refractivity contribution in [1.29, 1.82) is 0 Å². The normalized spacial score (nSPS) is 10.6. The molecular weight excluding hydrogens is 304 g/mol. The van der Waals surface area contributed by atoms with Crippen LogP contribution in [0.1, 0.15) is 16.1 Å². The lowest BCUT2D eigenvalue weighted by atomic mass is 10.2. The fourth-order valence-electron chi connectivity index (χ4n) is 2.12. The van der Waals surface area contributed by atoms with E-state index in [1.54, 1.807) is 30.5 Å². The molecule has 0 amide bonds. The topological polar surface area (TPSA) is 52.8 Å². The summed E-state index contributed by atoms with van der Waals surface area (Å²) in [6, 6.07) is 8.64. The summed E-state index contributed by atoms with van der Waals surface area (Å²) in [7, 11) is 1.53. The zero-order valence-electron chi connectivity index (χ0n) is 11.8. The fourth-order valence-corrected chi connectivity index (χ4v) is 2.28. The molecule has 2 aromatic heterocycles. The molecule has 0 atom stereocenters. The number of rotatable bonds is 5. The highest BCUT2D eigenvalue weighted by atomic mass is 35.5. The van der Waals surface area contributed by atoms with Crippen molar-refractivity contribution in [2.24, 2.45) is 0 Å². The number of aldehydes is 1. The Balaban J connectivity index is 1.80. The van der Waals surface area contributed by atoms with Gasteiger partial charge in [0.05, 0.1) is 17.8 Å².